The SMILES string of the molecule is CC1(CNc2nnccc2C#N)CCCS1. The third-order valence-corrected chi connectivity index (χ3v) is 4.31. The van der Waals surface area contributed by atoms with E-state index in [2.05, 4.69) is 28.5 Å². The fraction of sp³-hybridized carbons (Fsp3) is 0.545. The number of thioether (sulfide) groups is 1. The maximum absolute atomic E-state index is 8.91. The molecule has 5 heteroatoms. The molecule has 2 heterocycles. The second-order valence-corrected chi connectivity index (χ2v) is 5.84. The first-order valence-electron chi connectivity index (χ1n) is 5.33. The molecule has 0 radical (unpaired) electrons. The van der Waals surface area contributed by atoms with E-state index in [9.17, 15) is 0 Å². The highest BCUT2D eigenvalue weighted by Gasteiger charge is 2.29. The topological polar surface area (TPSA) is 61.6 Å². The highest BCUT2D eigenvalue weighted by atomic mass is 32.2. The Hall–Kier alpha value is -1.28. The van der Waals surface area contributed by atoms with Crippen molar-refractivity contribution in [3.63, 3.8) is 0 Å². The third-order valence-electron chi connectivity index (χ3n) is 2.77. The van der Waals surface area contributed by atoms with E-state index in [1.54, 1.807) is 6.07 Å². The summed E-state index contributed by atoms with van der Waals surface area (Å²) in [5.74, 6) is 1.82. The van der Waals surface area contributed by atoms with E-state index in [0.29, 0.717) is 11.4 Å². The first-order valence-corrected chi connectivity index (χ1v) is 6.32. The molecule has 1 aromatic rings. The largest absolute Gasteiger partial charge is 0.366 e. The summed E-state index contributed by atoms with van der Waals surface area (Å²) < 4.78 is 0.268. The average molecular weight is 234 g/mol. The molecule has 1 aliphatic heterocycles. The minimum Gasteiger partial charge on any atom is -0.366 e. The third kappa shape index (κ3) is 2.45. The molecule has 1 fully saturated rings. The maximum atomic E-state index is 8.91. The molecule has 1 unspecified atom stereocenters. The van der Waals surface area contributed by atoms with E-state index in [-0.39, 0.29) is 4.75 Å². The van der Waals surface area contributed by atoms with Crippen LogP contribution >= 0.6 is 11.8 Å². The highest BCUT2D eigenvalue weighted by molar-refractivity contribution is 8.00. The predicted molar refractivity (Wildman–Crippen MR) is 65.3 cm³/mol. The van der Waals surface area contributed by atoms with Crippen LogP contribution in [0, 0.1) is 11.3 Å². The Morgan fingerprint density at radius 3 is 3.25 bits per heavy atom. The van der Waals surface area contributed by atoms with E-state index >= 15 is 0 Å². The Morgan fingerprint density at radius 2 is 2.56 bits per heavy atom. The van der Waals surface area contributed by atoms with Gasteiger partial charge in [0.1, 0.15) is 6.07 Å². The van der Waals surface area contributed by atoms with Gasteiger partial charge in [0, 0.05) is 11.3 Å². The molecule has 1 atom stereocenters. The van der Waals surface area contributed by atoms with Crippen molar-refractivity contribution in [3.8, 4) is 6.07 Å². The zero-order valence-electron chi connectivity index (χ0n) is 9.23. The molecule has 1 N–H and O–H groups in total. The summed E-state index contributed by atoms with van der Waals surface area (Å²) in [5.41, 5.74) is 0.557. The Bertz CT molecular complexity index is 407. The molecule has 1 aliphatic rings. The summed E-state index contributed by atoms with van der Waals surface area (Å²) in [6.07, 6.45) is 4.02. The normalized spacial score (nSPS) is 24.0. The van der Waals surface area contributed by atoms with Crippen LogP contribution in [0.15, 0.2) is 12.3 Å². The van der Waals surface area contributed by atoms with Crippen LogP contribution in [-0.4, -0.2) is 27.2 Å². The molecule has 4 nitrogen and oxygen atoms in total. The van der Waals surface area contributed by atoms with Crippen LogP contribution in [0.2, 0.25) is 0 Å². The number of aromatic nitrogens is 2. The molecule has 0 amide bonds. The van der Waals surface area contributed by atoms with Crippen LogP contribution in [0.4, 0.5) is 5.82 Å². The molecule has 0 spiro atoms. The molecule has 1 aromatic heterocycles. The second kappa shape index (κ2) is 4.71. The van der Waals surface area contributed by atoms with Crippen molar-refractivity contribution in [2.45, 2.75) is 24.5 Å². The lowest BCUT2D eigenvalue weighted by Gasteiger charge is -2.23. The quantitative estimate of drug-likeness (QED) is 0.867. The first kappa shape index (κ1) is 11.2. The summed E-state index contributed by atoms with van der Waals surface area (Å²) in [4.78, 5) is 0. The van der Waals surface area contributed by atoms with Crippen molar-refractivity contribution in [3.05, 3.63) is 17.8 Å². The fourth-order valence-electron chi connectivity index (χ4n) is 1.80. The monoisotopic (exact) mass is 234 g/mol. The summed E-state index contributed by atoms with van der Waals surface area (Å²) in [5, 5.41) is 19.9. The molecular weight excluding hydrogens is 220 g/mol. The molecule has 0 bridgehead atoms. The van der Waals surface area contributed by atoms with Gasteiger partial charge < -0.3 is 5.32 Å². The number of hydrogen-bond donors (Lipinski definition) is 1. The Kier molecular flexibility index (Phi) is 3.30. The molecular formula is C11H14N4S. The van der Waals surface area contributed by atoms with E-state index in [4.69, 9.17) is 5.26 Å². The van der Waals surface area contributed by atoms with Crippen LogP contribution in [-0.2, 0) is 0 Å². The maximum Gasteiger partial charge on any atom is 0.166 e. The lowest BCUT2D eigenvalue weighted by molar-refractivity contribution is 0.633. The van der Waals surface area contributed by atoms with E-state index < -0.39 is 0 Å². The Morgan fingerprint density at radius 1 is 1.69 bits per heavy atom. The highest BCUT2D eigenvalue weighted by Crippen LogP contribution is 2.37. The van der Waals surface area contributed by atoms with Gasteiger partial charge in [0.05, 0.1) is 11.8 Å². The smallest absolute Gasteiger partial charge is 0.166 e. The van der Waals surface area contributed by atoms with Crippen LogP contribution in [0.3, 0.4) is 0 Å². The average Bonchev–Trinajstić information content (AvgIpc) is 2.74. The zero-order valence-corrected chi connectivity index (χ0v) is 10.0. The van der Waals surface area contributed by atoms with Crippen LogP contribution in [0.5, 0.6) is 0 Å². The summed E-state index contributed by atoms with van der Waals surface area (Å²) in [7, 11) is 0. The van der Waals surface area contributed by atoms with Gasteiger partial charge in [-0.15, -0.1) is 5.10 Å². The molecule has 0 saturated carbocycles. The van der Waals surface area contributed by atoms with Gasteiger partial charge in [-0.1, -0.05) is 0 Å². The van der Waals surface area contributed by atoms with E-state index in [1.807, 2.05) is 11.8 Å². The molecule has 16 heavy (non-hydrogen) atoms. The zero-order chi connectivity index (χ0) is 11.4. The van der Waals surface area contributed by atoms with Crippen molar-refractivity contribution in [2.75, 3.05) is 17.6 Å². The van der Waals surface area contributed by atoms with Crippen molar-refractivity contribution < 1.29 is 0 Å². The minimum atomic E-state index is 0.268. The van der Waals surface area contributed by atoms with Gasteiger partial charge in [0.15, 0.2) is 5.82 Å². The second-order valence-electron chi connectivity index (χ2n) is 4.16. The number of hydrogen-bond acceptors (Lipinski definition) is 5. The lowest BCUT2D eigenvalue weighted by atomic mass is 10.1. The summed E-state index contributed by atoms with van der Waals surface area (Å²) in [6.45, 7) is 3.09. The van der Waals surface area contributed by atoms with Crippen molar-refractivity contribution >= 4 is 17.6 Å². The molecule has 1 saturated heterocycles. The number of rotatable bonds is 3. The Labute approximate surface area is 99.5 Å². The van der Waals surface area contributed by atoms with Gasteiger partial charge in [-0.05, 0) is 31.6 Å². The number of nitrogens with zero attached hydrogens (tertiary/aromatic N) is 3. The lowest BCUT2D eigenvalue weighted by Crippen LogP contribution is -2.27. The van der Waals surface area contributed by atoms with E-state index in [0.717, 1.165) is 6.54 Å². The van der Waals surface area contributed by atoms with Gasteiger partial charge in [0.2, 0.25) is 0 Å². The summed E-state index contributed by atoms with van der Waals surface area (Å²) >= 11 is 1.98. The molecule has 84 valence electrons. The number of anilines is 1. The predicted octanol–water partition coefficient (Wildman–Crippen LogP) is 2.05. The van der Waals surface area contributed by atoms with E-state index in [1.165, 1.54) is 24.8 Å². The fourth-order valence-corrected chi connectivity index (χ4v) is 3.04. The first-order chi connectivity index (χ1) is 7.73. The van der Waals surface area contributed by atoms with Gasteiger partial charge in [0.25, 0.3) is 0 Å². The minimum absolute atomic E-state index is 0.268. The van der Waals surface area contributed by atoms with Gasteiger partial charge in [-0.2, -0.15) is 22.1 Å². The van der Waals surface area contributed by atoms with Crippen molar-refractivity contribution in [2.24, 2.45) is 0 Å². The molecule has 2 rings (SSSR count). The number of nitrogens with one attached hydrogen (secondary N) is 1. The summed E-state index contributed by atoms with van der Waals surface area (Å²) in [6, 6.07) is 3.79. The standard InChI is InChI=1S/C11H14N4S/c1-11(4-2-6-16-11)8-13-10-9(7-12)3-5-14-15-10/h3,5H,2,4,6,8H2,1H3,(H,13,15). The van der Waals surface area contributed by atoms with Crippen LogP contribution in [0.1, 0.15) is 25.3 Å². The van der Waals surface area contributed by atoms with Gasteiger partial charge in [-0.25, -0.2) is 0 Å². The van der Waals surface area contributed by atoms with Gasteiger partial charge in [-0.3, -0.25) is 0 Å². The molecule has 0 aromatic carbocycles. The van der Waals surface area contributed by atoms with Gasteiger partial charge >= 0.3 is 0 Å². The van der Waals surface area contributed by atoms with Crippen LogP contribution < -0.4 is 5.32 Å². The van der Waals surface area contributed by atoms with Crippen molar-refractivity contribution in [1.29, 1.82) is 5.26 Å². The number of nitriles is 1. The molecule has 0 aliphatic carbocycles. The van der Waals surface area contributed by atoms with Crippen LogP contribution in [0.25, 0.3) is 0 Å². The Balaban J connectivity index is 2.02. The van der Waals surface area contributed by atoms with Crippen molar-refractivity contribution in [1.82, 2.24) is 10.2 Å².